The largest absolute Gasteiger partial charge is 0.375 e. The quantitative estimate of drug-likeness (QED) is 0.517. The Bertz CT molecular complexity index is 1070. The molecule has 0 aliphatic carbocycles. The molecule has 0 saturated heterocycles. The highest BCUT2D eigenvalue weighted by Crippen LogP contribution is 2.45. The van der Waals surface area contributed by atoms with Gasteiger partial charge in [0.15, 0.2) is 11.4 Å². The van der Waals surface area contributed by atoms with Gasteiger partial charge < -0.3 is 10.0 Å². The molecule has 2 heterocycles. The summed E-state index contributed by atoms with van der Waals surface area (Å²) in [6.07, 6.45) is -0.336. The SMILES string of the molecule is O=C(C[C@]1(O)C(=O)N(Cc2ccccc2)c2ccc(Cl)cc21)c1ccc(Br)s1. The van der Waals surface area contributed by atoms with E-state index in [0.29, 0.717) is 27.7 Å². The number of rotatable bonds is 5. The standard InChI is InChI=1S/C21H15BrClNO3S/c22-19-9-8-18(28-19)17(25)11-21(27)15-10-14(23)6-7-16(15)24(20(21)26)12-13-4-2-1-3-5-13/h1-10,27H,11-12H2/t21-/m1/s1. The number of benzene rings is 2. The van der Waals surface area contributed by atoms with E-state index in [9.17, 15) is 14.7 Å². The minimum Gasteiger partial charge on any atom is -0.375 e. The van der Waals surface area contributed by atoms with Crippen molar-refractivity contribution < 1.29 is 14.7 Å². The zero-order valence-corrected chi connectivity index (χ0v) is 17.7. The summed E-state index contributed by atoms with van der Waals surface area (Å²) in [5.74, 6) is -0.809. The molecule has 0 spiro atoms. The fourth-order valence-electron chi connectivity index (χ4n) is 3.40. The third-order valence-corrected chi connectivity index (χ3v) is 6.64. The lowest BCUT2D eigenvalue weighted by molar-refractivity contribution is -0.136. The van der Waals surface area contributed by atoms with E-state index in [1.165, 1.54) is 16.2 Å². The molecule has 28 heavy (non-hydrogen) atoms. The van der Waals surface area contributed by atoms with Gasteiger partial charge in [0.1, 0.15) is 0 Å². The van der Waals surface area contributed by atoms with Crippen molar-refractivity contribution >= 4 is 56.2 Å². The van der Waals surface area contributed by atoms with Crippen molar-refractivity contribution in [3.63, 3.8) is 0 Å². The van der Waals surface area contributed by atoms with Crippen LogP contribution in [0.4, 0.5) is 5.69 Å². The van der Waals surface area contributed by atoms with Crippen LogP contribution in [0.3, 0.4) is 0 Å². The summed E-state index contributed by atoms with van der Waals surface area (Å²) in [6.45, 7) is 0.301. The minimum atomic E-state index is -1.94. The number of halogens is 2. The monoisotopic (exact) mass is 475 g/mol. The van der Waals surface area contributed by atoms with Crippen molar-refractivity contribution in [2.75, 3.05) is 4.90 Å². The van der Waals surface area contributed by atoms with Crippen molar-refractivity contribution in [1.82, 2.24) is 0 Å². The number of anilines is 1. The van der Waals surface area contributed by atoms with Gasteiger partial charge >= 0.3 is 0 Å². The van der Waals surface area contributed by atoms with Gasteiger partial charge in [-0.25, -0.2) is 0 Å². The van der Waals surface area contributed by atoms with Crippen molar-refractivity contribution in [2.45, 2.75) is 18.6 Å². The first-order valence-corrected chi connectivity index (χ1v) is 10.5. The topological polar surface area (TPSA) is 57.6 Å². The normalized spacial score (nSPS) is 18.4. The van der Waals surface area contributed by atoms with Crippen LogP contribution in [0.25, 0.3) is 0 Å². The fraction of sp³-hybridized carbons (Fsp3) is 0.143. The van der Waals surface area contributed by atoms with E-state index >= 15 is 0 Å². The minimum absolute atomic E-state index is 0.293. The van der Waals surface area contributed by atoms with E-state index in [1.807, 2.05) is 30.3 Å². The number of hydrogen-bond acceptors (Lipinski definition) is 4. The Labute approximate surface area is 179 Å². The number of ketones is 1. The number of amides is 1. The van der Waals surface area contributed by atoms with E-state index in [4.69, 9.17) is 11.6 Å². The molecule has 2 aromatic carbocycles. The highest BCUT2D eigenvalue weighted by atomic mass is 79.9. The summed E-state index contributed by atoms with van der Waals surface area (Å²) in [7, 11) is 0. The zero-order chi connectivity index (χ0) is 19.9. The maximum Gasteiger partial charge on any atom is 0.264 e. The molecule has 142 valence electrons. The number of Topliss-reactive ketones (excluding diaryl/α,β-unsaturated/α-hetero) is 1. The van der Waals surface area contributed by atoms with Gasteiger partial charge in [0.05, 0.1) is 27.3 Å². The molecule has 0 saturated carbocycles. The van der Waals surface area contributed by atoms with E-state index < -0.39 is 11.5 Å². The van der Waals surface area contributed by atoms with Crippen molar-refractivity contribution in [2.24, 2.45) is 0 Å². The summed E-state index contributed by atoms with van der Waals surface area (Å²) >= 11 is 10.7. The Morgan fingerprint density at radius 2 is 1.89 bits per heavy atom. The first kappa shape index (κ1) is 19.3. The van der Waals surface area contributed by atoms with Crippen LogP contribution >= 0.6 is 38.9 Å². The molecule has 1 aliphatic rings. The van der Waals surface area contributed by atoms with E-state index in [2.05, 4.69) is 15.9 Å². The van der Waals surface area contributed by atoms with Crippen LogP contribution < -0.4 is 4.90 Å². The number of fused-ring (bicyclic) bond motifs is 1. The van der Waals surface area contributed by atoms with Gasteiger partial charge in [-0.2, -0.15) is 0 Å². The third-order valence-electron chi connectivity index (χ3n) is 4.74. The average molecular weight is 477 g/mol. The maximum atomic E-state index is 13.2. The van der Waals surface area contributed by atoms with Gasteiger partial charge in [0, 0.05) is 10.6 Å². The maximum absolute atomic E-state index is 13.2. The summed E-state index contributed by atoms with van der Waals surface area (Å²) in [5, 5.41) is 11.7. The predicted octanol–water partition coefficient (Wildman–Crippen LogP) is 5.17. The summed E-state index contributed by atoms with van der Waals surface area (Å²) in [6, 6.07) is 17.9. The molecular formula is C21H15BrClNO3S. The van der Waals surface area contributed by atoms with Crippen LogP contribution in [-0.2, 0) is 16.9 Å². The van der Waals surface area contributed by atoms with Crippen molar-refractivity contribution in [3.8, 4) is 0 Å². The molecule has 7 heteroatoms. The Kier molecular flexibility index (Phi) is 5.14. The zero-order valence-electron chi connectivity index (χ0n) is 14.6. The van der Waals surface area contributed by atoms with Crippen molar-refractivity contribution in [1.29, 1.82) is 0 Å². The van der Waals surface area contributed by atoms with Crippen LogP contribution in [0, 0.1) is 0 Å². The van der Waals surface area contributed by atoms with Crippen LogP contribution in [0.15, 0.2) is 64.5 Å². The van der Waals surface area contributed by atoms with E-state index in [0.717, 1.165) is 9.35 Å². The van der Waals surface area contributed by atoms with Gasteiger partial charge in [-0.3, -0.25) is 9.59 Å². The van der Waals surface area contributed by atoms with Crippen LogP contribution in [0.5, 0.6) is 0 Å². The molecule has 1 aliphatic heterocycles. The van der Waals surface area contributed by atoms with Gasteiger partial charge in [-0.1, -0.05) is 41.9 Å². The summed E-state index contributed by atoms with van der Waals surface area (Å²) < 4.78 is 0.815. The Hall–Kier alpha value is -1.99. The summed E-state index contributed by atoms with van der Waals surface area (Å²) in [4.78, 5) is 28.0. The molecular weight excluding hydrogens is 462 g/mol. The first-order chi connectivity index (χ1) is 13.4. The fourth-order valence-corrected chi connectivity index (χ4v) is 4.90. The highest BCUT2D eigenvalue weighted by Gasteiger charge is 2.51. The Morgan fingerprint density at radius 3 is 2.57 bits per heavy atom. The van der Waals surface area contributed by atoms with Gasteiger partial charge in [0.2, 0.25) is 0 Å². The second-order valence-electron chi connectivity index (χ2n) is 6.60. The number of carbonyl (C=O) groups is 2. The predicted molar refractivity (Wildman–Crippen MR) is 114 cm³/mol. The van der Waals surface area contributed by atoms with Crippen LogP contribution in [0.2, 0.25) is 5.02 Å². The lowest BCUT2D eigenvalue weighted by Gasteiger charge is -2.22. The Balaban J connectivity index is 1.72. The number of hydrogen-bond donors (Lipinski definition) is 1. The molecule has 0 unspecified atom stereocenters. The van der Waals surface area contributed by atoms with Crippen LogP contribution in [-0.4, -0.2) is 16.8 Å². The highest BCUT2D eigenvalue weighted by molar-refractivity contribution is 9.11. The molecule has 0 bridgehead atoms. The van der Waals surface area contributed by atoms with Crippen molar-refractivity contribution in [3.05, 3.63) is 85.5 Å². The smallest absolute Gasteiger partial charge is 0.264 e. The molecule has 1 atom stereocenters. The molecule has 1 amide bonds. The van der Waals surface area contributed by atoms with E-state index in [1.54, 1.807) is 30.3 Å². The number of carbonyl (C=O) groups excluding carboxylic acids is 2. The molecule has 0 radical (unpaired) electrons. The lowest BCUT2D eigenvalue weighted by Crippen LogP contribution is -2.41. The molecule has 1 N–H and O–H groups in total. The van der Waals surface area contributed by atoms with Gasteiger partial charge in [-0.05, 0) is 51.8 Å². The number of aliphatic hydroxyl groups is 1. The molecule has 3 aromatic rings. The lowest BCUT2D eigenvalue weighted by atomic mass is 9.89. The first-order valence-electron chi connectivity index (χ1n) is 8.55. The van der Waals surface area contributed by atoms with Gasteiger partial charge in [-0.15, -0.1) is 11.3 Å². The molecule has 4 rings (SSSR count). The average Bonchev–Trinajstić information content (AvgIpc) is 3.19. The molecule has 4 nitrogen and oxygen atoms in total. The second kappa shape index (κ2) is 7.44. The van der Waals surface area contributed by atoms with Crippen LogP contribution in [0.1, 0.15) is 27.2 Å². The molecule has 0 fully saturated rings. The number of nitrogens with zero attached hydrogens (tertiary/aromatic N) is 1. The number of thiophene rings is 1. The van der Waals surface area contributed by atoms with E-state index in [-0.39, 0.29) is 12.2 Å². The second-order valence-corrected chi connectivity index (χ2v) is 9.50. The van der Waals surface area contributed by atoms with Gasteiger partial charge in [0.25, 0.3) is 5.91 Å². The Morgan fingerprint density at radius 1 is 1.14 bits per heavy atom. The molecule has 1 aromatic heterocycles. The summed E-state index contributed by atoms with van der Waals surface area (Å²) in [5.41, 5.74) is -0.0805. The third kappa shape index (κ3) is 3.42.